The van der Waals surface area contributed by atoms with Gasteiger partial charge in [-0.15, -0.1) is 0 Å². The minimum atomic E-state index is -0.740. The smallest absolute Gasteiger partial charge is 0.234 e. The van der Waals surface area contributed by atoms with Gasteiger partial charge in [-0.05, 0) is 74.2 Å². The van der Waals surface area contributed by atoms with E-state index in [1.807, 2.05) is 30.3 Å². The summed E-state index contributed by atoms with van der Waals surface area (Å²) in [5.74, 6) is 3.54. The second-order valence-electron chi connectivity index (χ2n) is 9.70. The Morgan fingerprint density at radius 3 is 2.19 bits per heavy atom. The summed E-state index contributed by atoms with van der Waals surface area (Å²) in [5, 5.41) is 14.4. The summed E-state index contributed by atoms with van der Waals surface area (Å²) in [7, 11) is 0. The molecule has 4 aliphatic carbocycles. The fraction of sp³-hybridized carbons (Fsp3) is 0.696. The van der Waals surface area contributed by atoms with Gasteiger partial charge in [-0.2, -0.15) is 0 Å². The fourth-order valence-corrected chi connectivity index (χ4v) is 6.71. The van der Waals surface area contributed by atoms with E-state index in [2.05, 4.69) is 10.2 Å². The fourth-order valence-electron chi connectivity index (χ4n) is 6.71. The van der Waals surface area contributed by atoms with Crippen LogP contribution in [-0.4, -0.2) is 41.6 Å². The average molecular weight is 369 g/mol. The van der Waals surface area contributed by atoms with E-state index in [0.29, 0.717) is 25.4 Å². The van der Waals surface area contributed by atoms with Crippen molar-refractivity contribution in [1.29, 1.82) is 0 Å². The molecule has 0 radical (unpaired) electrons. The van der Waals surface area contributed by atoms with Crippen LogP contribution in [0.5, 0.6) is 0 Å². The zero-order valence-corrected chi connectivity index (χ0v) is 16.1. The summed E-state index contributed by atoms with van der Waals surface area (Å²) in [6, 6.07) is 10.4. The number of likely N-dealkylation sites (tertiary alicyclic amines) is 1. The highest BCUT2D eigenvalue weighted by atomic mass is 16.3. The van der Waals surface area contributed by atoms with Crippen molar-refractivity contribution in [2.75, 3.05) is 19.6 Å². The van der Waals surface area contributed by atoms with E-state index < -0.39 is 5.60 Å². The highest BCUT2D eigenvalue weighted by Gasteiger charge is 2.48. The van der Waals surface area contributed by atoms with E-state index in [0.717, 1.165) is 42.3 Å². The maximum atomic E-state index is 12.7. The maximum Gasteiger partial charge on any atom is 0.234 e. The van der Waals surface area contributed by atoms with Crippen LogP contribution in [0.3, 0.4) is 0 Å². The molecule has 0 atom stereocenters. The van der Waals surface area contributed by atoms with Crippen LogP contribution in [0.25, 0.3) is 0 Å². The molecule has 27 heavy (non-hydrogen) atoms. The predicted octanol–water partition coefficient (Wildman–Crippen LogP) is 2.91. The van der Waals surface area contributed by atoms with Gasteiger partial charge >= 0.3 is 0 Å². The lowest BCUT2D eigenvalue weighted by atomic mass is 9.54. The molecular weight excluding hydrogens is 336 g/mol. The van der Waals surface area contributed by atoms with E-state index in [9.17, 15) is 9.90 Å². The summed E-state index contributed by atoms with van der Waals surface area (Å²) in [4.78, 5) is 14.9. The number of hydrogen-bond acceptors (Lipinski definition) is 3. The number of hydrogen-bond donors (Lipinski definition) is 2. The van der Waals surface area contributed by atoms with Crippen LogP contribution >= 0.6 is 0 Å². The molecule has 0 aromatic heterocycles. The van der Waals surface area contributed by atoms with E-state index in [1.54, 1.807) is 0 Å². The van der Waals surface area contributed by atoms with Crippen molar-refractivity contribution in [2.45, 2.75) is 56.6 Å². The van der Waals surface area contributed by atoms with Crippen molar-refractivity contribution >= 4 is 5.91 Å². The number of piperidine rings is 1. The molecule has 6 rings (SSSR count). The van der Waals surface area contributed by atoms with E-state index in [1.165, 1.54) is 32.1 Å². The lowest BCUT2D eigenvalue weighted by Gasteiger charge is -2.54. The van der Waals surface area contributed by atoms with Crippen molar-refractivity contribution in [3.8, 4) is 0 Å². The lowest BCUT2D eigenvalue weighted by molar-refractivity contribution is -0.127. The summed E-state index contributed by atoms with van der Waals surface area (Å²) < 4.78 is 0. The van der Waals surface area contributed by atoms with Crippen LogP contribution in [0.1, 0.15) is 50.5 Å². The molecule has 5 fully saturated rings. The highest BCUT2D eigenvalue weighted by molar-refractivity contribution is 5.78. The highest BCUT2D eigenvalue weighted by Crippen LogP contribution is 2.53. The zero-order chi connectivity index (χ0) is 18.4. The summed E-state index contributed by atoms with van der Waals surface area (Å²) >= 11 is 0. The van der Waals surface area contributed by atoms with Crippen LogP contribution in [0.15, 0.2) is 30.3 Å². The first-order chi connectivity index (χ1) is 13.1. The van der Waals surface area contributed by atoms with Gasteiger partial charge in [0.2, 0.25) is 5.91 Å². The van der Waals surface area contributed by atoms with Crippen LogP contribution < -0.4 is 5.32 Å². The Kier molecular flexibility index (Phi) is 4.52. The Labute approximate surface area is 162 Å². The third-order valence-corrected chi connectivity index (χ3v) is 7.92. The molecule has 1 saturated heterocycles. The quantitative estimate of drug-likeness (QED) is 0.859. The molecule has 2 N–H and O–H groups in total. The van der Waals surface area contributed by atoms with E-state index >= 15 is 0 Å². The zero-order valence-electron chi connectivity index (χ0n) is 16.1. The number of rotatable bonds is 4. The second kappa shape index (κ2) is 6.89. The number of nitrogens with one attached hydrogen (secondary N) is 1. The minimum Gasteiger partial charge on any atom is -0.385 e. The molecule has 0 spiro atoms. The third-order valence-electron chi connectivity index (χ3n) is 7.92. The molecular formula is C23H32N2O2. The number of aliphatic hydroxyl groups is 1. The Balaban J connectivity index is 1.14. The van der Waals surface area contributed by atoms with Crippen LogP contribution in [0.2, 0.25) is 0 Å². The number of carbonyl (C=O) groups excluding carboxylic acids is 1. The normalized spacial score (nSPS) is 37.3. The summed E-state index contributed by atoms with van der Waals surface area (Å²) in [6.07, 6.45) is 8.20. The first-order valence-electron chi connectivity index (χ1n) is 10.9. The molecule has 4 saturated carbocycles. The molecule has 1 aromatic carbocycles. The Morgan fingerprint density at radius 1 is 1.00 bits per heavy atom. The minimum absolute atomic E-state index is 0.192. The number of nitrogens with zero attached hydrogens (tertiary/aromatic N) is 1. The van der Waals surface area contributed by atoms with E-state index in [4.69, 9.17) is 0 Å². The number of benzene rings is 1. The SMILES string of the molecule is O=C(CN1CCC(O)(c2ccccc2)CC1)NC1C2CC3CC(C2)CC1C3. The third kappa shape index (κ3) is 3.42. The topological polar surface area (TPSA) is 52.6 Å². The molecule has 5 aliphatic rings. The van der Waals surface area contributed by atoms with Gasteiger partial charge in [0.15, 0.2) is 0 Å². The lowest BCUT2D eigenvalue weighted by Crippen LogP contribution is -2.57. The van der Waals surface area contributed by atoms with Crippen LogP contribution in [-0.2, 0) is 10.4 Å². The van der Waals surface area contributed by atoms with Crippen molar-refractivity contribution in [2.24, 2.45) is 23.7 Å². The first-order valence-corrected chi connectivity index (χ1v) is 10.9. The van der Waals surface area contributed by atoms with Gasteiger partial charge in [0.25, 0.3) is 0 Å². The first kappa shape index (κ1) is 17.7. The van der Waals surface area contributed by atoms with Gasteiger partial charge < -0.3 is 10.4 Å². The molecule has 4 bridgehead atoms. The van der Waals surface area contributed by atoms with Crippen LogP contribution in [0.4, 0.5) is 0 Å². The van der Waals surface area contributed by atoms with Gasteiger partial charge in [0.1, 0.15) is 0 Å². The van der Waals surface area contributed by atoms with Crippen molar-refractivity contribution in [3.63, 3.8) is 0 Å². The molecule has 4 heteroatoms. The molecule has 1 aromatic rings. The van der Waals surface area contributed by atoms with Gasteiger partial charge in [-0.25, -0.2) is 0 Å². The molecule has 146 valence electrons. The monoisotopic (exact) mass is 368 g/mol. The molecule has 1 amide bonds. The largest absolute Gasteiger partial charge is 0.385 e. The summed E-state index contributed by atoms with van der Waals surface area (Å²) in [6.45, 7) is 2.04. The maximum absolute atomic E-state index is 12.7. The Hall–Kier alpha value is -1.39. The van der Waals surface area contributed by atoms with E-state index in [-0.39, 0.29) is 5.91 Å². The molecule has 0 unspecified atom stereocenters. The molecule has 1 heterocycles. The van der Waals surface area contributed by atoms with Crippen molar-refractivity contribution in [1.82, 2.24) is 10.2 Å². The van der Waals surface area contributed by atoms with Crippen LogP contribution in [0, 0.1) is 23.7 Å². The molecule has 1 aliphatic heterocycles. The number of carbonyl (C=O) groups is 1. The Morgan fingerprint density at radius 2 is 1.59 bits per heavy atom. The standard InChI is InChI=1S/C23H32N2O2/c26-21(24-22-18-11-16-10-17(13-18)14-19(22)12-16)15-25-8-6-23(27,7-9-25)20-4-2-1-3-5-20/h1-5,16-19,22,27H,6-15H2,(H,24,26). The average Bonchev–Trinajstić information content (AvgIpc) is 2.67. The van der Waals surface area contributed by atoms with Gasteiger partial charge in [0, 0.05) is 19.1 Å². The van der Waals surface area contributed by atoms with Gasteiger partial charge in [0.05, 0.1) is 12.1 Å². The molecule has 4 nitrogen and oxygen atoms in total. The van der Waals surface area contributed by atoms with Crippen molar-refractivity contribution in [3.05, 3.63) is 35.9 Å². The van der Waals surface area contributed by atoms with Crippen molar-refractivity contribution < 1.29 is 9.90 Å². The Bertz CT molecular complexity index is 653. The second-order valence-corrected chi connectivity index (χ2v) is 9.70. The predicted molar refractivity (Wildman–Crippen MR) is 105 cm³/mol. The van der Waals surface area contributed by atoms with Gasteiger partial charge in [-0.3, -0.25) is 9.69 Å². The number of amides is 1. The summed E-state index contributed by atoms with van der Waals surface area (Å²) in [5.41, 5.74) is 0.262. The van der Waals surface area contributed by atoms with Gasteiger partial charge in [-0.1, -0.05) is 30.3 Å².